The van der Waals surface area contributed by atoms with Gasteiger partial charge in [0.15, 0.2) is 0 Å². The number of allylic oxidation sites excluding steroid dienone is 1. The minimum atomic E-state index is -2.49. The third-order valence-electron chi connectivity index (χ3n) is 5.57. The number of rotatable bonds is 6. The van der Waals surface area contributed by atoms with Gasteiger partial charge in [0.05, 0.1) is 11.7 Å². The van der Waals surface area contributed by atoms with Gasteiger partial charge in [-0.2, -0.15) is 0 Å². The predicted molar refractivity (Wildman–Crippen MR) is 124 cm³/mol. The predicted octanol–water partition coefficient (Wildman–Crippen LogP) is 5.16. The molecule has 4 rings (SSSR count). The van der Waals surface area contributed by atoms with Crippen molar-refractivity contribution in [2.75, 3.05) is 0 Å². The van der Waals surface area contributed by atoms with Crippen LogP contribution in [0.5, 0.6) is 5.75 Å². The minimum absolute atomic E-state index is 0.00116. The van der Waals surface area contributed by atoms with Crippen LogP contribution in [0.3, 0.4) is 0 Å². The Labute approximate surface area is 184 Å². The number of carbonyl (C=O) groups excluding carboxylic acids is 1. The molecule has 0 aliphatic carbocycles. The summed E-state index contributed by atoms with van der Waals surface area (Å²) in [6.07, 6.45) is 0.962. The topological polar surface area (TPSA) is 60.4 Å². The SMILES string of the molecule is CC(C)c1ccc(C2=C(c3ccc(C[SH](=O)=O)cc3)Oc3ccccc3C2C=O)cc1. The molecule has 0 N–H and O–H groups in total. The summed E-state index contributed by atoms with van der Waals surface area (Å²) in [5.41, 5.74) is 5.32. The van der Waals surface area contributed by atoms with E-state index < -0.39 is 16.6 Å². The molecular weight excluding hydrogens is 408 g/mol. The number of carbonyl (C=O) groups is 1. The van der Waals surface area contributed by atoms with Crippen molar-refractivity contribution in [2.24, 2.45) is 0 Å². The van der Waals surface area contributed by atoms with Crippen LogP contribution in [0.15, 0.2) is 72.8 Å². The molecule has 0 saturated heterocycles. The number of para-hydroxylation sites is 1. The highest BCUT2D eigenvalue weighted by Gasteiger charge is 2.31. The molecule has 3 aromatic carbocycles. The quantitative estimate of drug-likeness (QED) is 0.431. The van der Waals surface area contributed by atoms with E-state index in [4.69, 9.17) is 4.74 Å². The summed E-state index contributed by atoms with van der Waals surface area (Å²) in [6.45, 7) is 4.29. The van der Waals surface area contributed by atoms with E-state index in [1.165, 1.54) is 5.56 Å². The molecule has 3 aromatic rings. The van der Waals surface area contributed by atoms with Gasteiger partial charge in [-0.25, -0.2) is 8.42 Å². The maximum absolute atomic E-state index is 12.3. The van der Waals surface area contributed by atoms with Crippen molar-refractivity contribution in [3.63, 3.8) is 0 Å². The molecule has 0 saturated carbocycles. The Morgan fingerprint density at radius 2 is 1.55 bits per heavy atom. The van der Waals surface area contributed by atoms with Crippen molar-refractivity contribution in [3.8, 4) is 5.75 Å². The van der Waals surface area contributed by atoms with Crippen molar-refractivity contribution < 1.29 is 17.9 Å². The summed E-state index contributed by atoms with van der Waals surface area (Å²) < 4.78 is 28.4. The second-order valence-corrected chi connectivity index (χ2v) is 8.94. The molecule has 5 heteroatoms. The first-order chi connectivity index (χ1) is 15.0. The van der Waals surface area contributed by atoms with Gasteiger partial charge in [-0.05, 0) is 28.7 Å². The van der Waals surface area contributed by atoms with Gasteiger partial charge in [0, 0.05) is 16.7 Å². The van der Waals surface area contributed by atoms with Gasteiger partial charge in [0.1, 0.15) is 28.5 Å². The van der Waals surface area contributed by atoms with Gasteiger partial charge in [-0.1, -0.05) is 80.6 Å². The van der Waals surface area contributed by atoms with E-state index in [1.807, 2.05) is 48.5 Å². The van der Waals surface area contributed by atoms with Gasteiger partial charge < -0.3 is 9.53 Å². The van der Waals surface area contributed by atoms with Crippen LogP contribution in [-0.4, -0.2) is 14.7 Å². The molecule has 1 heterocycles. The molecule has 0 spiro atoms. The number of benzene rings is 3. The van der Waals surface area contributed by atoms with Crippen LogP contribution < -0.4 is 4.74 Å². The maximum atomic E-state index is 12.3. The van der Waals surface area contributed by atoms with Gasteiger partial charge in [0.25, 0.3) is 0 Å². The van der Waals surface area contributed by atoms with E-state index in [-0.39, 0.29) is 5.75 Å². The molecule has 0 radical (unpaired) electrons. The molecule has 0 aromatic heterocycles. The van der Waals surface area contributed by atoms with Crippen molar-refractivity contribution in [2.45, 2.75) is 31.4 Å². The summed E-state index contributed by atoms with van der Waals surface area (Å²) in [7, 11) is -2.49. The summed E-state index contributed by atoms with van der Waals surface area (Å²) in [6, 6.07) is 23.1. The summed E-state index contributed by atoms with van der Waals surface area (Å²) in [5.74, 6) is 1.22. The average Bonchev–Trinajstić information content (AvgIpc) is 2.78. The zero-order valence-corrected chi connectivity index (χ0v) is 18.3. The fourth-order valence-corrected chi connectivity index (χ4v) is 4.43. The highest BCUT2D eigenvalue weighted by molar-refractivity contribution is 7.71. The lowest BCUT2D eigenvalue weighted by molar-refractivity contribution is -0.108. The van der Waals surface area contributed by atoms with Crippen molar-refractivity contribution >= 4 is 28.3 Å². The van der Waals surface area contributed by atoms with Crippen LogP contribution in [-0.2, 0) is 21.3 Å². The molecule has 0 amide bonds. The van der Waals surface area contributed by atoms with Crippen LogP contribution in [0.25, 0.3) is 11.3 Å². The molecule has 0 fully saturated rings. The Morgan fingerprint density at radius 1 is 0.903 bits per heavy atom. The molecule has 4 nitrogen and oxygen atoms in total. The number of fused-ring (bicyclic) bond motifs is 1. The van der Waals surface area contributed by atoms with Gasteiger partial charge >= 0.3 is 0 Å². The normalized spacial score (nSPS) is 15.7. The summed E-state index contributed by atoms with van der Waals surface area (Å²) in [5, 5.41) is 0. The first-order valence-electron chi connectivity index (χ1n) is 10.3. The van der Waals surface area contributed by atoms with Crippen LogP contribution in [0, 0.1) is 0 Å². The van der Waals surface area contributed by atoms with Crippen LogP contribution in [0.2, 0.25) is 0 Å². The van der Waals surface area contributed by atoms with Crippen molar-refractivity contribution in [3.05, 3.63) is 101 Å². The Hall–Kier alpha value is -3.18. The fraction of sp³-hybridized carbons (Fsp3) is 0.192. The third-order valence-corrected chi connectivity index (χ3v) is 6.20. The number of thiol groups is 1. The smallest absolute Gasteiger partial charge is 0.144 e. The Balaban J connectivity index is 1.88. The van der Waals surface area contributed by atoms with E-state index in [0.29, 0.717) is 23.0 Å². The number of hydrogen-bond donors (Lipinski definition) is 1. The van der Waals surface area contributed by atoms with Crippen LogP contribution >= 0.6 is 0 Å². The largest absolute Gasteiger partial charge is 0.456 e. The lowest BCUT2D eigenvalue weighted by atomic mass is 9.83. The van der Waals surface area contributed by atoms with Gasteiger partial charge in [-0.15, -0.1) is 0 Å². The highest BCUT2D eigenvalue weighted by Crippen LogP contribution is 2.46. The first-order valence-corrected chi connectivity index (χ1v) is 11.6. The molecule has 1 unspecified atom stereocenters. The lowest BCUT2D eigenvalue weighted by Crippen LogP contribution is -2.15. The number of aldehydes is 1. The zero-order chi connectivity index (χ0) is 22.0. The van der Waals surface area contributed by atoms with Crippen molar-refractivity contribution in [1.29, 1.82) is 0 Å². The lowest BCUT2D eigenvalue weighted by Gasteiger charge is -2.28. The van der Waals surface area contributed by atoms with E-state index in [9.17, 15) is 13.2 Å². The molecule has 1 aliphatic heterocycles. The summed E-state index contributed by atoms with van der Waals surface area (Å²) in [4.78, 5) is 12.3. The van der Waals surface area contributed by atoms with E-state index in [1.54, 1.807) is 12.1 Å². The number of ether oxygens (including phenoxy) is 1. The molecule has 1 atom stereocenters. The second-order valence-electron chi connectivity index (χ2n) is 7.96. The van der Waals surface area contributed by atoms with E-state index >= 15 is 0 Å². The highest BCUT2D eigenvalue weighted by atomic mass is 32.2. The zero-order valence-electron chi connectivity index (χ0n) is 17.4. The molecular formula is C26H24O4S. The molecule has 31 heavy (non-hydrogen) atoms. The Bertz CT molecular complexity index is 1190. The van der Waals surface area contributed by atoms with E-state index in [2.05, 4.69) is 26.0 Å². The van der Waals surface area contributed by atoms with Crippen LogP contribution in [0.1, 0.15) is 53.5 Å². The summed E-state index contributed by atoms with van der Waals surface area (Å²) >= 11 is 0. The molecule has 0 bridgehead atoms. The molecule has 1 aliphatic rings. The van der Waals surface area contributed by atoms with Crippen molar-refractivity contribution in [1.82, 2.24) is 0 Å². The van der Waals surface area contributed by atoms with Gasteiger partial charge in [-0.3, -0.25) is 0 Å². The Kier molecular flexibility index (Phi) is 6.05. The van der Waals surface area contributed by atoms with Crippen LogP contribution in [0.4, 0.5) is 0 Å². The average molecular weight is 433 g/mol. The number of hydrogen-bond acceptors (Lipinski definition) is 4. The minimum Gasteiger partial charge on any atom is -0.456 e. The van der Waals surface area contributed by atoms with E-state index in [0.717, 1.165) is 28.5 Å². The monoisotopic (exact) mass is 432 g/mol. The standard InChI is InChI=1S/C26H24O4S/c1-17(2)19-11-13-20(14-12-19)25-23(15-27)22-5-3-4-6-24(22)30-26(25)21-9-7-18(8-10-21)16-31(28)29/h3-15,17,23,31H,16H2,1-2H3. The molecule has 158 valence electrons. The third kappa shape index (κ3) is 4.32. The van der Waals surface area contributed by atoms with Gasteiger partial charge in [0.2, 0.25) is 0 Å². The first kappa shape index (κ1) is 21.1. The second kappa shape index (κ2) is 8.90. The fourth-order valence-electron chi connectivity index (χ4n) is 3.92. The maximum Gasteiger partial charge on any atom is 0.144 e. The Morgan fingerprint density at radius 3 is 2.16 bits per heavy atom.